The van der Waals surface area contributed by atoms with E-state index in [9.17, 15) is 15.0 Å². The molecule has 25 heavy (non-hydrogen) atoms. The number of aliphatic hydroxyl groups is 2. The number of hydrogen-bond acceptors (Lipinski definition) is 8. The van der Waals surface area contributed by atoms with Gasteiger partial charge in [0, 0.05) is 5.92 Å². The van der Waals surface area contributed by atoms with Gasteiger partial charge in [-0.25, -0.2) is 4.79 Å². The summed E-state index contributed by atoms with van der Waals surface area (Å²) in [6.45, 7) is 0.0908. The average Bonchev–Trinajstić information content (AvgIpc) is 3.26. The Balaban J connectivity index is 1.73. The van der Waals surface area contributed by atoms with Crippen LogP contribution in [-0.2, 0) is 9.47 Å². The molecule has 0 radical (unpaired) electrons. The first-order valence-corrected chi connectivity index (χ1v) is 7.88. The average molecular weight is 353 g/mol. The highest BCUT2D eigenvalue weighted by atomic mass is 16.7. The molecule has 4 rings (SSSR count). The predicted octanol–water partition coefficient (Wildman–Crippen LogP) is -0.265. The highest BCUT2D eigenvalue weighted by molar-refractivity contribution is 5.68. The lowest BCUT2D eigenvalue weighted by atomic mass is 9.77. The lowest BCUT2D eigenvalue weighted by Crippen LogP contribution is -2.57. The second-order valence-electron chi connectivity index (χ2n) is 6.19. The molecule has 9 nitrogen and oxygen atoms in total. The van der Waals surface area contributed by atoms with Gasteiger partial charge in [-0.1, -0.05) is 0 Å². The van der Waals surface area contributed by atoms with Crippen LogP contribution in [0, 0.1) is 0 Å². The molecule has 1 saturated carbocycles. The molecule has 1 aromatic carbocycles. The Hall–Kier alpha value is -2.23. The van der Waals surface area contributed by atoms with Crippen molar-refractivity contribution >= 4 is 6.09 Å². The first-order valence-electron chi connectivity index (χ1n) is 7.88. The minimum Gasteiger partial charge on any atom is -0.493 e. The number of amides is 1. The number of carbonyl (C=O) groups excluding carboxylic acids is 1. The third-order valence-corrected chi connectivity index (χ3v) is 4.89. The van der Waals surface area contributed by atoms with E-state index in [1.807, 2.05) is 0 Å². The van der Waals surface area contributed by atoms with Gasteiger partial charge in [0.15, 0.2) is 11.5 Å². The molecular weight excluding hydrogens is 334 g/mol. The van der Waals surface area contributed by atoms with Crippen LogP contribution in [0.25, 0.3) is 0 Å². The molecule has 0 aromatic heterocycles. The molecule has 6 atom stereocenters. The van der Waals surface area contributed by atoms with Crippen molar-refractivity contribution in [1.29, 1.82) is 0 Å². The van der Waals surface area contributed by atoms with E-state index in [4.69, 9.17) is 18.9 Å². The fourth-order valence-corrected chi connectivity index (χ4v) is 3.63. The van der Waals surface area contributed by atoms with Gasteiger partial charge in [0.05, 0.1) is 26.4 Å². The van der Waals surface area contributed by atoms with Crippen molar-refractivity contribution in [3.63, 3.8) is 0 Å². The molecule has 0 bridgehead atoms. The zero-order valence-electron chi connectivity index (χ0n) is 13.7. The maximum Gasteiger partial charge on any atom is 0.407 e. The zero-order chi connectivity index (χ0) is 17.7. The standard InChI is InChI=1S/C16H19NO8/c1-21-7-3-6(4-8-13(7)24-5-23-8)9-10(17-16(20)22-2)11(18)12(19)15-14(9)25-15/h3-4,9-12,14-15,18-19H,5H2,1-2H3,(H,17,20)/t9-,10-,11+,12+,14+,15-/m1/s1. The normalized spacial score (nSPS) is 34.9. The fraction of sp³-hybridized carbons (Fsp3) is 0.562. The second kappa shape index (κ2) is 5.94. The third kappa shape index (κ3) is 2.55. The molecular formula is C16H19NO8. The first-order chi connectivity index (χ1) is 12.0. The SMILES string of the molecule is COC(=O)N[C@H]1[C@H](O)[C@H](O)[C@H]2O[C@H]2[C@@H]1c1cc(OC)c2c(c1)OCO2. The van der Waals surface area contributed by atoms with Crippen LogP contribution < -0.4 is 19.5 Å². The Morgan fingerprint density at radius 3 is 2.72 bits per heavy atom. The number of nitrogens with one attached hydrogen (secondary N) is 1. The molecule has 3 aliphatic rings. The first kappa shape index (κ1) is 16.2. The molecule has 1 amide bonds. The van der Waals surface area contributed by atoms with Gasteiger partial charge < -0.3 is 39.2 Å². The highest BCUT2D eigenvalue weighted by Gasteiger charge is 2.61. The Bertz CT molecular complexity index is 695. The zero-order valence-corrected chi connectivity index (χ0v) is 13.7. The van der Waals surface area contributed by atoms with Gasteiger partial charge in [0.25, 0.3) is 0 Å². The van der Waals surface area contributed by atoms with Gasteiger partial charge in [-0.05, 0) is 17.7 Å². The van der Waals surface area contributed by atoms with E-state index in [1.54, 1.807) is 12.1 Å². The minimum absolute atomic E-state index is 0.0908. The summed E-state index contributed by atoms with van der Waals surface area (Å²) in [5.74, 6) is 1.10. The van der Waals surface area contributed by atoms with Crippen LogP contribution in [0.2, 0.25) is 0 Å². The summed E-state index contributed by atoms with van der Waals surface area (Å²) < 4.78 is 26.4. The maximum absolute atomic E-state index is 11.7. The van der Waals surface area contributed by atoms with E-state index in [-0.39, 0.29) is 12.9 Å². The Labute approximate surface area is 143 Å². The van der Waals surface area contributed by atoms with Crippen LogP contribution in [0.5, 0.6) is 17.2 Å². The molecule has 2 heterocycles. The number of benzene rings is 1. The Morgan fingerprint density at radius 2 is 2.00 bits per heavy atom. The number of fused-ring (bicyclic) bond motifs is 2. The maximum atomic E-state index is 11.7. The lowest BCUT2D eigenvalue weighted by Gasteiger charge is -2.36. The number of rotatable bonds is 3. The minimum atomic E-state index is -1.20. The molecule has 3 N–H and O–H groups in total. The van der Waals surface area contributed by atoms with E-state index in [0.29, 0.717) is 17.2 Å². The molecule has 1 aromatic rings. The molecule has 0 unspecified atom stereocenters. The van der Waals surface area contributed by atoms with Gasteiger partial charge in [0.2, 0.25) is 12.5 Å². The topological polar surface area (TPSA) is 119 Å². The fourth-order valence-electron chi connectivity index (χ4n) is 3.63. The van der Waals surface area contributed by atoms with Gasteiger partial charge in [-0.3, -0.25) is 0 Å². The van der Waals surface area contributed by atoms with E-state index in [2.05, 4.69) is 10.1 Å². The van der Waals surface area contributed by atoms with Gasteiger partial charge >= 0.3 is 6.09 Å². The van der Waals surface area contributed by atoms with Crippen molar-refractivity contribution in [2.75, 3.05) is 21.0 Å². The number of hydrogen-bond donors (Lipinski definition) is 3. The lowest BCUT2D eigenvalue weighted by molar-refractivity contribution is -0.0279. The van der Waals surface area contributed by atoms with E-state index >= 15 is 0 Å². The van der Waals surface area contributed by atoms with Gasteiger partial charge in [0.1, 0.15) is 18.3 Å². The van der Waals surface area contributed by atoms with Crippen LogP contribution in [0.1, 0.15) is 11.5 Å². The summed E-state index contributed by atoms with van der Waals surface area (Å²) in [6, 6.07) is 2.73. The van der Waals surface area contributed by atoms with E-state index in [0.717, 1.165) is 5.56 Å². The Kier molecular flexibility index (Phi) is 3.86. The molecule has 9 heteroatoms. The summed E-state index contributed by atoms with van der Waals surface area (Å²) in [5, 5.41) is 23.2. The summed E-state index contributed by atoms with van der Waals surface area (Å²) in [4.78, 5) is 11.7. The van der Waals surface area contributed by atoms with Gasteiger partial charge in [-0.2, -0.15) is 0 Å². The number of alkyl carbamates (subject to hydrolysis) is 1. The molecule has 2 fully saturated rings. The predicted molar refractivity (Wildman–Crippen MR) is 81.9 cm³/mol. The van der Waals surface area contributed by atoms with Crippen LogP contribution in [-0.4, -0.2) is 67.8 Å². The monoisotopic (exact) mass is 353 g/mol. The molecule has 136 valence electrons. The molecule has 2 aliphatic heterocycles. The van der Waals surface area contributed by atoms with Crippen LogP contribution in [0.3, 0.4) is 0 Å². The number of methoxy groups -OCH3 is 2. The van der Waals surface area contributed by atoms with Crippen LogP contribution >= 0.6 is 0 Å². The number of carbonyl (C=O) groups is 1. The van der Waals surface area contributed by atoms with Crippen molar-refractivity contribution in [3.05, 3.63) is 17.7 Å². The van der Waals surface area contributed by atoms with Crippen molar-refractivity contribution in [2.24, 2.45) is 0 Å². The third-order valence-electron chi connectivity index (χ3n) is 4.89. The number of aliphatic hydroxyl groups excluding tert-OH is 2. The van der Waals surface area contributed by atoms with Crippen molar-refractivity contribution < 1.29 is 38.7 Å². The summed E-state index contributed by atoms with van der Waals surface area (Å²) in [7, 11) is 2.75. The highest BCUT2D eigenvalue weighted by Crippen LogP contribution is 2.50. The molecule has 1 aliphatic carbocycles. The van der Waals surface area contributed by atoms with E-state index in [1.165, 1.54) is 14.2 Å². The number of epoxide rings is 1. The molecule has 0 spiro atoms. The number of ether oxygens (including phenoxy) is 5. The second-order valence-corrected chi connectivity index (χ2v) is 6.19. The summed E-state index contributed by atoms with van der Waals surface area (Å²) >= 11 is 0. The summed E-state index contributed by atoms with van der Waals surface area (Å²) in [6.07, 6.45) is -3.81. The van der Waals surface area contributed by atoms with Crippen LogP contribution in [0.15, 0.2) is 12.1 Å². The van der Waals surface area contributed by atoms with Crippen LogP contribution in [0.4, 0.5) is 4.79 Å². The van der Waals surface area contributed by atoms with Crippen molar-refractivity contribution in [2.45, 2.75) is 36.4 Å². The Morgan fingerprint density at radius 1 is 1.20 bits per heavy atom. The largest absolute Gasteiger partial charge is 0.493 e. The molecule has 1 saturated heterocycles. The quantitative estimate of drug-likeness (QED) is 0.636. The van der Waals surface area contributed by atoms with E-state index < -0.39 is 36.4 Å². The van der Waals surface area contributed by atoms with Crippen molar-refractivity contribution in [3.8, 4) is 17.2 Å². The smallest absolute Gasteiger partial charge is 0.407 e. The van der Waals surface area contributed by atoms with Gasteiger partial charge in [-0.15, -0.1) is 0 Å². The van der Waals surface area contributed by atoms with Crippen molar-refractivity contribution in [1.82, 2.24) is 5.32 Å². The summed E-state index contributed by atoms with van der Waals surface area (Å²) in [5.41, 5.74) is 0.737.